The lowest BCUT2D eigenvalue weighted by Gasteiger charge is -2.24. The Bertz CT molecular complexity index is 1340. The number of ether oxygens (including phenoxy) is 1. The summed E-state index contributed by atoms with van der Waals surface area (Å²) in [7, 11) is 0. The number of aryl methyl sites for hydroxylation is 2. The third-order valence-electron chi connectivity index (χ3n) is 5.55. The lowest BCUT2D eigenvalue weighted by atomic mass is 9.95. The molecule has 4 rings (SSSR count). The standard InChI is InChI=1S/C27H24N2O5S/c1-4-34-26(33)24-17(3)28-27(35-24)29-22(19-13-10-16(2)11-14-19)21(23(31)25(29)32)20(30)15-12-18-8-6-5-7-9-18/h5-15,22,31H,4H2,1-3H3/b15-12+. The van der Waals surface area contributed by atoms with Gasteiger partial charge in [-0.05, 0) is 38.0 Å². The highest BCUT2D eigenvalue weighted by Gasteiger charge is 2.45. The van der Waals surface area contributed by atoms with Gasteiger partial charge in [0.05, 0.1) is 23.9 Å². The molecule has 0 bridgehead atoms. The van der Waals surface area contributed by atoms with E-state index in [1.807, 2.05) is 49.4 Å². The van der Waals surface area contributed by atoms with Crippen LogP contribution in [0.4, 0.5) is 5.13 Å². The van der Waals surface area contributed by atoms with E-state index in [4.69, 9.17) is 4.74 Å². The second-order valence-corrected chi connectivity index (χ2v) is 8.97. The lowest BCUT2D eigenvalue weighted by Crippen LogP contribution is -2.30. The Labute approximate surface area is 207 Å². The summed E-state index contributed by atoms with van der Waals surface area (Å²) < 4.78 is 5.10. The largest absolute Gasteiger partial charge is 0.503 e. The Morgan fingerprint density at radius 3 is 2.46 bits per heavy atom. The zero-order valence-electron chi connectivity index (χ0n) is 19.5. The number of amides is 1. The first-order chi connectivity index (χ1) is 16.8. The number of esters is 1. The van der Waals surface area contributed by atoms with Crippen LogP contribution in [0.3, 0.4) is 0 Å². The van der Waals surface area contributed by atoms with E-state index in [0.29, 0.717) is 11.3 Å². The number of rotatable bonds is 7. The van der Waals surface area contributed by atoms with Crippen LogP contribution >= 0.6 is 11.3 Å². The summed E-state index contributed by atoms with van der Waals surface area (Å²) in [6.07, 6.45) is 2.98. The average Bonchev–Trinajstić information content (AvgIpc) is 3.36. The Morgan fingerprint density at radius 2 is 1.80 bits per heavy atom. The summed E-state index contributed by atoms with van der Waals surface area (Å²) in [4.78, 5) is 44.8. The smallest absolute Gasteiger partial charge is 0.350 e. The molecule has 0 saturated carbocycles. The topological polar surface area (TPSA) is 96.8 Å². The molecule has 1 atom stereocenters. The van der Waals surface area contributed by atoms with Gasteiger partial charge in [-0.15, -0.1) is 0 Å². The minimum Gasteiger partial charge on any atom is -0.503 e. The summed E-state index contributed by atoms with van der Waals surface area (Å²) in [5.74, 6) is -2.42. The van der Waals surface area contributed by atoms with Crippen LogP contribution in [0.25, 0.3) is 6.08 Å². The lowest BCUT2D eigenvalue weighted by molar-refractivity contribution is -0.117. The van der Waals surface area contributed by atoms with Gasteiger partial charge in [-0.2, -0.15) is 0 Å². The van der Waals surface area contributed by atoms with Gasteiger partial charge in [0.15, 0.2) is 16.7 Å². The van der Waals surface area contributed by atoms with Gasteiger partial charge in [-0.25, -0.2) is 9.78 Å². The molecule has 1 amide bonds. The van der Waals surface area contributed by atoms with Gasteiger partial charge in [-0.1, -0.05) is 77.6 Å². The zero-order valence-corrected chi connectivity index (χ0v) is 20.3. The number of anilines is 1. The second kappa shape index (κ2) is 10.1. The van der Waals surface area contributed by atoms with Crippen molar-refractivity contribution in [1.82, 2.24) is 4.98 Å². The number of aromatic nitrogens is 1. The predicted molar refractivity (Wildman–Crippen MR) is 134 cm³/mol. The van der Waals surface area contributed by atoms with Crippen molar-refractivity contribution in [3.05, 3.63) is 99.3 Å². The first-order valence-corrected chi connectivity index (χ1v) is 11.9. The maximum atomic E-state index is 13.3. The van der Waals surface area contributed by atoms with Gasteiger partial charge >= 0.3 is 5.97 Å². The molecule has 8 heteroatoms. The van der Waals surface area contributed by atoms with Crippen LogP contribution < -0.4 is 4.90 Å². The molecule has 1 aliphatic rings. The molecule has 3 aromatic rings. The minimum absolute atomic E-state index is 0.0448. The van der Waals surface area contributed by atoms with Crippen molar-refractivity contribution in [1.29, 1.82) is 0 Å². The summed E-state index contributed by atoms with van der Waals surface area (Å²) in [5, 5.41) is 11.0. The number of carbonyl (C=O) groups excluding carboxylic acids is 3. The molecule has 0 spiro atoms. The molecule has 0 saturated heterocycles. The Kier molecular flexibility index (Phi) is 6.93. The molecule has 0 radical (unpaired) electrons. The van der Waals surface area contributed by atoms with Gasteiger partial charge in [0.1, 0.15) is 4.88 Å². The molecule has 0 fully saturated rings. The molecule has 2 heterocycles. The van der Waals surface area contributed by atoms with Gasteiger partial charge < -0.3 is 9.84 Å². The van der Waals surface area contributed by atoms with Crippen LogP contribution in [-0.4, -0.2) is 34.4 Å². The highest BCUT2D eigenvalue weighted by molar-refractivity contribution is 7.17. The van der Waals surface area contributed by atoms with E-state index in [0.717, 1.165) is 22.5 Å². The Balaban J connectivity index is 1.78. The molecule has 35 heavy (non-hydrogen) atoms. The molecule has 1 N–H and O–H groups in total. The summed E-state index contributed by atoms with van der Waals surface area (Å²) >= 11 is 0.988. The number of aliphatic hydroxyl groups excluding tert-OH is 1. The van der Waals surface area contributed by atoms with Crippen molar-refractivity contribution < 1.29 is 24.2 Å². The number of nitrogens with zero attached hydrogens (tertiary/aromatic N) is 2. The van der Waals surface area contributed by atoms with E-state index in [2.05, 4.69) is 4.98 Å². The third-order valence-corrected chi connectivity index (χ3v) is 6.68. The van der Waals surface area contributed by atoms with Crippen LogP contribution in [0.1, 0.15) is 45.0 Å². The SMILES string of the molecule is CCOC(=O)c1sc(N2C(=O)C(O)=C(C(=O)/C=C/c3ccccc3)C2c2ccc(C)cc2)nc1C. The van der Waals surface area contributed by atoms with Crippen LogP contribution in [0.2, 0.25) is 0 Å². The molecule has 7 nitrogen and oxygen atoms in total. The van der Waals surface area contributed by atoms with E-state index in [1.54, 1.807) is 32.1 Å². The van der Waals surface area contributed by atoms with Gasteiger partial charge in [-0.3, -0.25) is 14.5 Å². The summed E-state index contributed by atoms with van der Waals surface area (Å²) in [6.45, 7) is 5.49. The van der Waals surface area contributed by atoms with Crippen molar-refractivity contribution in [2.24, 2.45) is 0 Å². The Morgan fingerprint density at radius 1 is 1.11 bits per heavy atom. The fraction of sp³-hybridized carbons (Fsp3) is 0.185. The van der Waals surface area contributed by atoms with Crippen LogP contribution in [0.5, 0.6) is 0 Å². The maximum Gasteiger partial charge on any atom is 0.350 e. The zero-order chi connectivity index (χ0) is 25.1. The second-order valence-electron chi connectivity index (χ2n) is 7.99. The highest BCUT2D eigenvalue weighted by atomic mass is 32.1. The number of thiazole rings is 1. The third kappa shape index (κ3) is 4.79. The van der Waals surface area contributed by atoms with Gasteiger partial charge in [0, 0.05) is 0 Å². The van der Waals surface area contributed by atoms with Crippen LogP contribution in [0.15, 0.2) is 72.0 Å². The van der Waals surface area contributed by atoms with E-state index in [9.17, 15) is 19.5 Å². The van der Waals surface area contributed by atoms with Crippen molar-refractivity contribution in [2.45, 2.75) is 26.8 Å². The number of allylic oxidation sites excluding steroid dienone is 1. The van der Waals surface area contributed by atoms with E-state index in [-0.39, 0.29) is 22.2 Å². The van der Waals surface area contributed by atoms with Crippen molar-refractivity contribution in [3.63, 3.8) is 0 Å². The van der Waals surface area contributed by atoms with E-state index < -0.39 is 29.5 Å². The molecule has 1 aromatic heterocycles. The van der Waals surface area contributed by atoms with Gasteiger partial charge in [0.25, 0.3) is 5.91 Å². The average molecular weight is 489 g/mol. The number of aliphatic hydroxyl groups is 1. The molecular formula is C27H24N2O5S. The monoisotopic (exact) mass is 488 g/mol. The number of benzene rings is 2. The molecule has 0 aliphatic carbocycles. The van der Waals surface area contributed by atoms with Gasteiger partial charge in [0.2, 0.25) is 0 Å². The number of hydrogen-bond donors (Lipinski definition) is 1. The summed E-state index contributed by atoms with van der Waals surface area (Å²) in [5.41, 5.74) is 2.81. The Hall–Kier alpha value is -4.04. The molecule has 2 aromatic carbocycles. The van der Waals surface area contributed by atoms with Crippen molar-refractivity contribution in [2.75, 3.05) is 11.5 Å². The molecular weight excluding hydrogens is 464 g/mol. The molecule has 1 aliphatic heterocycles. The van der Waals surface area contributed by atoms with Crippen molar-refractivity contribution in [3.8, 4) is 0 Å². The fourth-order valence-electron chi connectivity index (χ4n) is 3.82. The number of hydrogen-bond acceptors (Lipinski definition) is 7. The predicted octanol–water partition coefficient (Wildman–Crippen LogP) is 5.12. The number of ketones is 1. The van der Waals surface area contributed by atoms with Crippen LogP contribution in [-0.2, 0) is 14.3 Å². The summed E-state index contributed by atoms with van der Waals surface area (Å²) in [6, 6.07) is 15.7. The first kappa shape index (κ1) is 24.1. The number of carbonyl (C=O) groups is 3. The fourth-order valence-corrected chi connectivity index (χ4v) is 4.80. The normalized spacial score (nSPS) is 15.8. The maximum absolute atomic E-state index is 13.3. The minimum atomic E-state index is -0.906. The van der Waals surface area contributed by atoms with E-state index >= 15 is 0 Å². The molecule has 178 valence electrons. The van der Waals surface area contributed by atoms with Crippen molar-refractivity contribution >= 4 is 40.2 Å². The molecule has 1 unspecified atom stereocenters. The highest BCUT2D eigenvalue weighted by Crippen LogP contribution is 2.43. The quantitative estimate of drug-likeness (QED) is 0.366. The van der Waals surface area contributed by atoms with E-state index in [1.165, 1.54) is 11.0 Å². The van der Waals surface area contributed by atoms with Crippen LogP contribution in [0, 0.1) is 13.8 Å². The first-order valence-electron chi connectivity index (χ1n) is 11.1.